The summed E-state index contributed by atoms with van der Waals surface area (Å²) in [5.74, 6) is -1.96. The van der Waals surface area contributed by atoms with Crippen LogP contribution in [0.2, 0.25) is 0 Å². The van der Waals surface area contributed by atoms with Gasteiger partial charge in [0.2, 0.25) is 0 Å². The fraction of sp³-hybridized carbons (Fsp3) is 0.389. The summed E-state index contributed by atoms with van der Waals surface area (Å²) < 4.78 is 21.4. The summed E-state index contributed by atoms with van der Waals surface area (Å²) in [6.45, 7) is 7.58. The van der Waals surface area contributed by atoms with Crippen LogP contribution in [0.15, 0.2) is 54.6 Å². The maximum Gasteiger partial charge on any atom is 0.407 e. The van der Waals surface area contributed by atoms with E-state index in [1.54, 1.807) is 13.8 Å². The van der Waals surface area contributed by atoms with E-state index in [4.69, 9.17) is 18.9 Å². The van der Waals surface area contributed by atoms with Crippen molar-refractivity contribution in [3.05, 3.63) is 93.5 Å². The lowest BCUT2D eigenvalue weighted by atomic mass is 9.84. The number of amides is 1. The summed E-state index contributed by atoms with van der Waals surface area (Å²) in [5, 5.41) is 2.70. The van der Waals surface area contributed by atoms with Crippen LogP contribution < -0.4 is 5.32 Å². The molecule has 0 bridgehead atoms. The van der Waals surface area contributed by atoms with Gasteiger partial charge in [0.05, 0.1) is 20.3 Å². The van der Waals surface area contributed by atoms with Crippen LogP contribution in [-0.4, -0.2) is 57.0 Å². The average molecular weight is 614 g/mol. The Morgan fingerprint density at radius 2 is 1.40 bits per heavy atom. The predicted octanol–water partition coefficient (Wildman–Crippen LogP) is 5.14. The number of fused-ring (bicyclic) bond motifs is 4. The molecule has 236 valence electrons. The number of esters is 3. The SMILES string of the molecule is CCOC(=O)C1(C(=O)OCC)Cc2c(C)cc(CC(NC(=O)OCC3c4ccccc4-c4ccccc43)C(=O)OC)c(C)c2C1. The topological polar surface area (TPSA) is 117 Å². The zero-order valence-electron chi connectivity index (χ0n) is 26.4. The van der Waals surface area contributed by atoms with Crippen molar-refractivity contribution in [1.29, 1.82) is 0 Å². The second kappa shape index (κ2) is 13.1. The second-order valence-corrected chi connectivity index (χ2v) is 11.6. The van der Waals surface area contributed by atoms with E-state index in [0.717, 1.165) is 50.1 Å². The molecule has 0 heterocycles. The highest BCUT2D eigenvalue weighted by Gasteiger charge is 2.54. The monoisotopic (exact) mass is 613 g/mol. The molecule has 45 heavy (non-hydrogen) atoms. The van der Waals surface area contributed by atoms with E-state index in [9.17, 15) is 19.2 Å². The minimum atomic E-state index is -1.47. The Bertz CT molecular complexity index is 1580. The number of methoxy groups -OCH3 is 1. The van der Waals surface area contributed by atoms with Gasteiger partial charge in [-0.05, 0) is 77.8 Å². The standard InChI is InChI=1S/C36H39NO8/c1-6-43-33(39)36(34(40)44-7-2)18-28-21(3)16-23(22(4)29(28)19-36)17-31(32(38)42-5)37-35(41)45-20-30-26-14-10-8-12-24(26)25-13-9-11-15-27(25)30/h8-16,30-31H,6-7,17-20H2,1-5H3,(H,37,41). The molecular formula is C36H39NO8. The molecule has 9 nitrogen and oxygen atoms in total. The molecule has 0 radical (unpaired) electrons. The first-order valence-electron chi connectivity index (χ1n) is 15.3. The normalized spacial score (nSPS) is 14.9. The minimum Gasteiger partial charge on any atom is -0.467 e. The zero-order valence-corrected chi connectivity index (χ0v) is 26.4. The Morgan fingerprint density at radius 3 is 1.96 bits per heavy atom. The summed E-state index contributed by atoms with van der Waals surface area (Å²) in [7, 11) is 1.27. The maximum atomic E-state index is 13.1. The predicted molar refractivity (Wildman–Crippen MR) is 167 cm³/mol. The van der Waals surface area contributed by atoms with Crippen molar-refractivity contribution in [2.24, 2.45) is 5.41 Å². The number of alkyl carbamates (subject to hydrolysis) is 1. The molecule has 5 rings (SSSR count). The third-order valence-corrected chi connectivity index (χ3v) is 9.00. The molecule has 0 fully saturated rings. The van der Waals surface area contributed by atoms with Crippen LogP contribution in [0.3, 0.4) is 0 Å². The van der Waals surface area contributed by atoms with Crippen LogP contribution in [-0.2, 0) is 52.6 Å². The van der Waals surface area contributed by atoms with E-state index < -0.39 is 35.5 Å². The zero-order chi connectivity index (χ0) is 32.3. The van der Waals surface area contributed by atoms with E-state index in [0.29, 0.717) is 0 Å². The average Bonchev–Trinajstić information content (AvgIpc) is 3.61. The molecule has 1 atom stereocenters. The van der Waals surface area contributed by atoms with E-state index in [1.165, 1.54) is 7.11 Å². The van der Waals surface area contributed by atoms with Crippen LogP contribution in [0.25, 0.3) is 11.1 Å². The fourth-order valence-electron chi connectivity index (χ4n) is 6.73. The molecule has 0 saturated carbocycles. The summed E-state index contributed by atoms with van der Waals surface area (Å²) in [5.41, 5.74) is 7.14. The Labute approximate surface area is 263 Å². The number of hydrogen-bond donors (Lipinski definition) is 1. The molecule has 3 aromatic rings. The molecule has 0 saturated heterocycles. The third-order valence-electron chi connectivity index (χ3n) is 9.00. The van der Waals surface area contributed by atoms with Crippen molar-refractivity contribution in [3.8, 4) is 11.1 Å². The molecular weight excluding hydrogens is 574 g/mol. The molecule has 0 aliphatic heterocycles. The number of ether oxygens (including phenoxy) is 4. The quantitative estimate of drug-likeness (QED) is 0.190. The lowest BCUT2D eigenvalue weighted by Gasteiger charge is -2.24. The summed E-state index contributed by atoms with van der Waals surface area (Å²) in [6.07, 6.45) is -0.302. The largest absolute Gasteiger partial charge is 0.467 e. The van der Waals surface area contributed by atoms with Gasteiger partial charge in [-0.3, -0.25) is 9.59 Å². The van der Waals surface area contributed by atoms with E-state index >= 15 is 0 Å². The molecule has 2 aliphatic carbocycles. The number of benzene rings is 3. The first-order valence-corrected chi connectivity index (χ1v) is 15.3. The van der Waals surface area contributed by atoms with Gasteiger partial charge < -0.3 is 24.3 Å². The Morgan fingerprint density at radius 1 is 0.844 bits per heavy atom. The Hall–Kier alpha value is -4.66. The van der Waals surface area contributed by atoms with Crippen LogP contribution in [0.5, 0.6) is 0 Å². The van der Waals surface area contributed by atoms with Gasteiger partial charge in [-0.2, -0.15) is 0 Å². The van der Waals surface area contributed by atoms with Gasteiger partial charge in [0.15, 0.2) is 5.41 Å². The van der Waals surface area contributed by atoms with E-state index in [1.807, 2.05) is 56.3 Å². The van der Waals surface area contributed by atoms with Crippen LogP contribution in [0, 0.1) is 19.3 Å². The van der Waals surface area contributed by atoms with E-state index in [-0.39, 0.29) is 45.0 Å². The van der Waals surface area contributed by atoms with Crippen molar-refractivity contribution < 1.29 is 38.1 Å². The summed E-state index contributed by atoms with van der Waals surface area (Å²) in [6, 6.07) is 17.0. The van der Waals surface area contributed by atoms with Crippen LogP contribution in [0.4, 0.5) is 4.79 Å². The number of hydrogen-bond acceptors (Lipinski definition) is 8. The number of aryl methyl sites for hydroxylation is 1. The van der Waals surface area contributed by atoms with Crippen molar-refractivity contribution in [2.45, 2.75) is 58.9 Å². The third kappa shape index (κ3) is 5.91. The van der Waals surface area contributed by atoms with Gasteiger partial charge in [0, 0.05) is 25.2 Å². The van der Waals surface area contributed by atoms with Crippen molar-refractivity contribution in [3.63, 3.8) is 0 Å². The molecule has 1 unspecified atom stereocenters. The lowest BCUT2D eigenvalue weighted by molar-refractivity contribution is -0.171. The van der Waals surface area contributed by atoms with Crippen molar-refractivity contribution in [1.82, 2.24) is 5.32 Å². The first kappa shape index (κ1) is 31.8. The number of carbonyl (C=O) groups is 4. The van der Waals surface area contributed by atoms with Crippen LogP contribution >= 0.6 is 0 Å². The van der Waals surface area contributed by atoms with E-state index in [2.05, 4.69) is 17.4 Å². The highest BCUT2D eigenvalue weighted by Crippen LogP contribution is 2.45. The van der Waals surface area contributed by atoms with Gasteiger partial charge in [-0.25, -0.2) is 9.59 Å². The molecule has 3 aromatic carbocycles. The van der Waals surface area contributed by atoms with Gasteiger partial charge in [-0.15, -0.1) is 0 Å². The minimum absolute atomic E-state index is 0.106. The van der Waals surface area contributed by atoms with Gasteiger partial charge in [0.1, 0.15) is 12.6 Å². The maximum absolute atomic E-state index is 13.1. The summed E-state index contributed by atoms with van der Waals surface area (Å²) in [4.78, 5) is 52.2. The van der Waals surface area contributed by atoms with Gasteiger partial charge in [-0.1, -0.05) is 54.6 Å². The van der Waals surface area contributed by atoms with Crippen LogP contribution in [0.1, 0.15) is 58.7 Å². The fourth-order valence-corrected chi connectivity index (χ4v) is 6.73. The van der Waals surface area contributed by atoms with Gasteiger partial charge in [0.25, 0.3) is 0 Å². The Balaban J connectivity index is 1.34. The molecule has 0 aromatic heterocycles. The van der Waals surface area contributed by atoms with Gasteiger partial charge >= 0.3 is 24.0 Å². The number of rotatable bonds is 10. The summed E-state index contributed by atoms with van der Waals surface area (Å²) >= 11 is 0. The number of nitrogens with one attached hydrogen (secondary N) is 1. The second-order valence-electron chi connectivity index (χ2n) is 11.6. The molecule has 1 N–H and O–H groups in total. The molecule has 1 amide bonds. The molecule has 2 aliphatic rings. The van der Waals surface area contributed by atoms with Crippen molar-refractivity contribution >= 4 is 24.0 Å². The Kier molecular flexibility index (Phi) is 9.27. The highest BCUT2D eigenvalue weighted by molar-refractivity contribution is 6.02. The number of carbonyl (C=O) groups excluding carboxylic acids is 4. The first-order chi connectivity index (χ1) is 21.6. The molecule has 9 heteroatoms. The smallest absolute Gasteiger partial charge is 0.407 e. The molecule has 0 spiro atoms. The highest BCUT2D eigenvalue weighted by atomic mass is 16.6. The van der Waals surface area contributed by atoms with Crippen molar-refractivity contribution in [2.75, 3.05) is 26.9 Å². The lowest BCUT2D eigenvalue weighted by Crippen LogP contribution is -2.43.